The van der Waals surface area contributed by atoms with Crippen molar-refractivity contribution in [3.05, 3.63) is 24.3 Å². The molecule has 0 aliphatic heterocycles. The summed E-state index contributed by atoms with van der Waals surface area (Å²) >= 11 is 0. The highest BCUT2D eigenvalue weighted by atomic mass is 32.2. The molecule has 0 aliphatic rings. The third-order valence-corrected chi connectivity index (χ3v) is 3.53. The lowest BCUT2D eigenvalue weighted by Crippen LogP contribution is -2.26. The fourth-order valence-electron chi connectivity index (χ4n) is 1.60. The molecule has 5 nitrogen and oxygen atoms in total. The van der Waals surface area contributed by atoms with Crippen molar-refractivity contribution in [2.24, 2.45) is 11.1 Å². The SMILES string of the molecule is CCC(COc1ccccc1OC(F)(F)F)CS(N)(=O)=O. The topological polar surface area (TPSA) is 78.6 Å². The third-order valence-electron chi connectivity index (χ3n) is 2.59. The van der Waals surface area contributed by atoms with Crippen molar-refractivity contribution in [1.29, 1.82) is 0 Å². The quantitative estimate of drug-likeness (QED) is 0.833. The molecular weight excluding hydrogens is 311 g/mol. The highest BCUT2D eigenvalue weighted by Gasteiger charge is 2.32. The molecule has 0 radical (unpaired) electrons. The average molecular weight is 327 g/mol. The van der Waals surface area contributed by atoms with Crippen LogP contribution >= 0.6 is 0 Å². The summed E-state index contributed by atoms with van der Waals surface area (Å²) in [6.07, 6.45) is -4.37. The van der Waals surface area contributed by atoms with E-state index in [1.807, 2.05) is 0 Å². The van der Waals surface area contributed by atoms with Crippen molar-refractivity contribution in [2.75, 3.05) is 12.4 Å². The molecule has 21 heavy (non-hydrogen) atoms. The number of benzene rings is 1. The van der Waals surface area contributed by atoms with Crippen LogP contribution in [0.2, 0.25) is 0 Å². The minimum atomic E-state index is -4.83. The summed E-state index contributed by atoms with van der Waals surface area (Å²) in [6, 6.07) is 5.28. The van der Waals surface area contributed by atoms with Gasteiger partial charge in [-0.15, -0.1) is 13.2 Å². The van der Waals surface area contributed by atoms with Gasteiger partial charge in [0.05, 0.1) is 12.4 Å². The highest BCUT2D eigenvalue weighted by molar-refractivity contribution is 7.89. The number of rotatable bonds is 7. The Bertz CT molecular complexity index is 560. The van der Waals surface area contributed by atoms with Gasteiger partial charge in [-0.2, -0.15) is 0 Å². The Morgan fingerprint density at radius 3 is 2.29 bits per heavy atom. The van der Waals surface area contributed by atoms with Crippen molar-refractivity contribution < 1.29 is 31.1 Å². The minimum Gasteiger partial charge on any atom is -0.489 e. The third kappa shape index (κ3) is 7.19. The smallest absolute Gasteiger partial charge is 0.489 e. The molecule has 1 atom stereocenters. The van der Waals surface area contributed by atoms with Crippen LogP contribution in [0.5, 0.6) is 11.5 Å². The number of nitrogens with two attached hydrogens (primary N) is 1. The van der Waals surface area contributed by atoms with Crippen molar-refractivity contribution >= 4 is 10.0 Å². The Kier molecular flexibility index (Phi) is 5.85. The molecule has 0 spiro atoms. The van der Waals surface area contributed by atoms with Gasteiger partial charge >= 0.3 is 6.36 Å². The molecule has 2 N–H and O–H groups in total. The summed E-state index contributed by atoms with van der Waals surface area (Å²) in [5.74, 6) is -1.30. The number of alkyl halides is 3. The van der Waals surface area contributed by atoms with Gasteiger partial charge in [0.25, 0.3) is 0 Å². The van der Waals surface area contributed by atoms with E-state index < -0.39 is 28.1 Å². The Balaban J connectivity index is 2.74. The zero-order valence-electron chi connectivity index (χ0n) is 11.3. The monoisotopic (exact) mass is 327 g/mol. The Morgan fingerprint density at radius 1 is 1.24 bits per heavy atom. The van der Waals surface area contributed by atoms with Crippen LogP contribution in [0.1, 0.15) is 13.3 Å². The molecule has 1 aromatic rings. The zero-order valence-corrected chi connectivity index (χ0v) is 12.1. The molecule has 0 saturated heterocycles. The molecule has 0 heterocycles. The first kappa shape index (κ1) is 17.6. The van der Waals surface area contributed by atoms with E-state index >= 15 is 0 Å². The van der Waals surface area contributed by atoms with Gasteiger partial charge in [0.2, 0.25) is 10.0 Å². The van der Waals surface area contributed by atoms with Gasteiger partial charge in [0.15, 0.2) is 11.5 Å². The Hall–Kier alpha value is -1.48. The summed E-state index contributed by atoms with van der Waals surface area (Å²) in [4.78, 5) is 0. The van der Waals surface area contributed by atoms with Crippen LogP contribution in [0.15, 0.2) is 24.3 Å². The van der Waals surface area contributed by atoms with E-state index in [1.54, 1.807) is 6.92 Å². The summed E-state index contributed by atoms with van der Waals surface area (Å²) in [5, 5.41) is 4.94. The summed E-state index contributed by atoms with van der Waals surface area (Å²) < 4.78 is 67.8. The van der Waals surface area contributed by atoms with E-state index in [9.17, 15) is 21.6 Å². The lowest BCUT2D eigenvalue weighted by Gasteiger charge is -2.17. The normalized spacial score (nSPS) is 13.8. The lowest BCUT2D eigenvalue weighted by molar-refractivity contribution is -0.275. The number of sulfonamides is 1. The summed E-state index contributed by atoms with van der Waals surface area (Å²) in [6.45, 7) is 1.66. The highest BCUT2D eigenvalue weighted by Crippen LogP contribution is 2.32. The van der Waals surface area contributed by atoms with Crippen LogP contribution in [0.25, 0.3) is 0 Å². The second kappa shape index (κ2) is 6.99. The molecule has 120 valence electrons. The summed E-state index contributed by atoms with van der Waals surface area (Å²) in [7, 11) is -3.67. The van der Waals surface area contributed by atoms with Gasteiger partial charge in [-0.05, 0) is 18.6 Å². The van der Waals surface area contributed by atoms with Crippen molar-refractivity contribution in [3.63, 3.8) is 0 Å². The number of hydrogen-bond acceptors (Lipinski definition) is 4. The minimum absolute atomic E-state index is 0.0782. The first-order valence-corrected chi connectivity index (χ1v) is 7.80. The van der Waals surface area contributed by atoms with E-state index in [1.165, 1.54) is 18.2 Å². The number of para-hydroxylation sites is 2. The van der Waals surface area contributed by atoms with Gasteiger partial charge < -0.3 is 9.47 Å². The largest absolute Gasteiger partial charge is 0.573 e. The Morgan fingerprint density at radius 2 is 1.81 bits per heavy atom. The molecule has 0 aliphatic carbocycles. The maximum atomic E-state index is 12.2. The van der Waals surface area contributed by atoms with E-state index in [0.29, 0.717) is 6.42 Å². The zero-order chi connectivity index (χ0) is 16.1. The van der Waals surface area contributed by atoms with E-state index in [4.69, 9.17) is 9.88 Å². The molecule has 9 heteroatoms. The van der Waals surface area contributed by atoms with Crippen molar-refractivity contribution in [3.8, 4) is 11.5 Å². The fraction of sp³-hybridized carbons (Fsp3) is 0.500. The molecule has 0 amide bonds. The predicted molar refractivity (Wildman–Crippen MR) is 70.4 cm³/mol. The van der Waals surface area contributed by atoms with Gasteiger partial charge in [-0.1, -0.05) is 19.1 Å². The first-order valence-electron chi connectivity index (χ1n) is 6.08. The van der Waals surface area contributed by atoms with E-state index in [-0.39, 0.29) is 18.1 Å². The lowest BCUT2D eigenvalue weighted by atomic mass is 10.1. The second-order valence-electron chi connectivity index (χ2n) is 4.41. The molecule has 0 bridgehead atoms. The van der Waals surface area contributed by atoms with Crippen LogP contribution in [-0.4, -0.2) is 27.1 Å². The number of primary sulfonamides is 1. The van der Waals surface area contributed by atoms with Crippen LogP contribution in [-0.2, 0) is 10.0 Å². The van der Waals surface area contributed by atoms with Gasteiger partial charge in [0.1, 0.15) is 0 Å². The van der Waals surface area contributed by atoms with Crippen LogP contribution < -0.4 is 14.6 Å². The molecule has 0 fully saturated rings. The predicted octanol–water partition coefficient (Wildman–Crippen LogP) is 2.28. The fourth-order valence-corrected chi connectivity index (χ4v) is 2.59. The average Bonchev–Trinajstić information content (AvgIpc) is 2.32. The van der Waals surface area contributed by atoms with Crippen LogP contribution in [0, 0.1) is 5.92 Å². The molecule has 1 rings (SSSR count). The Labute approximate surface area is 120 Å². The van der Waals surface area contributed by atoms with Crippen LogP contribution in [0.3, 0.4) is 0 Å². The molecular formula is C12H16F3NO4S. The molecule has 1 unspecified atom stereocenters. The molecule has 0 saturated carbocycles. The van der Waals surface area contributed by atoms with Crippen molar-refractivity contribution in [2.45, 2.75) is 19.7 Å². The standard InChI is InChI=1S/C12H16F3NO4S/c1-2-9(8-21(16,17)18)7-19-10-5-3-4-6-11(10)20-12(13,14)15/h3-6,9H,2,7-8H2,1H3,(H2,16,17,18). The van der Waals surface area contributed by atoms with Gasteiger partial charge in [-0.3, -0.25) is 0 Å². The second-order valence-corrected chi connectivity index (χ2v) is 6.07. The maximum Gasteiger partial charge on any atom is 0.573 e. The van der Waals surface area contributed by atoms with Crippen molar-refractivity contribution in [1.82, 2.24) is 0 Å². The first-order chi connectivity index (χ1) is 9.61. The maximum absolute atomic E-state index is 12.2. The number of halogens is 3. The molecule has 0 aromatic heterocycles. The molecule has 1 aromatic carbocycles. The summed E-state index contributed by atoms with van der Waals surface area (Å²) in [5.41, 5.74) is 0. The van der Waals surface area contributed by atoms with Crippen LogP contribution in [0.4, 0.5) is 13.2 Å². The van der Waals surface area contributed by atoms with E-state index in [0.717, 1.165) is 6.07 Å². The van der Waals surface area contributed by atoms with Gasteiger partial charge in [-0.25, -0.2) is 13.6 Å². The number of hydrogen-bond donors (Lipinski definition) is 1. The van der Waals surface area contributed by atoms with E-state index in [2.05, 4.69) is 4.74 Å². The van der Waals surface area contributed by atoms with Gasteiger partial charge in [0, 0.05) is 5.92 Å². The number of ether oxygens (including phenoxy) is 2.